The molecule has 0 fully saturated rings. The zero-order chi connectivity index (χ0) is 18.2. The van der Waals surface area contributed by atoms with Crippen LogP contribution in [0.5, 0.6) is 0 Å². The maximum atomic E-state index is 12.9. The monoisotopic (exact) mass is 350 g/mol. The summed E-state index contributed by atoms with van der Waals surface area (Å²) in [7, 11) is -3.82. The molecule has 0 heterocycles. The minimum Gasteiger partial charge on any atom is -0.303 e. The van der Waals surface area contributed by atoms with Crippen molar-refractivity contribution in [2.45, 2.75) is 27.7 Å². The van der Waals surface area contributed by atoms with Crippen LogP contribution in [-0.2, 0) is 18.4 Å². The van der Waals surface area contributed by atoms with Gasteiger partial charge in [-0.25, -0.2) is 0 Å². The van der Waals surface area contributed by atoms with Crippen molar-refractivity contribution in [1.82, 2.24) is 0 Å². The van der Waals surface area contributed by atoms with Crippen molar-refractivity contribution in [3.05, 3.63) is 54.6 Å². The Morgan fingerprint density at radius 2 is 1.75 bits per heavy atom. The van der Waals surface area contributed by atoms with E-state index in [-0.39, 0.29) is 19.1 Å². The van der Waals surface area contributed by atoms with Crippen LogP contribution in [0.15, 0.2) is 49.1 Å². The Kier molecular flexibility index (Phi) is 7.82. The predicted octanol–water partition coefficient (Wildman–Crippen LogP) is 5.32. The molecule has 0 amide bonds. The van der Waals surface area contributed by atoms with Crippen LogP contribution in [0.4, 0.5) is 0 Å². The maximum Gasteiger partial charge on any atom is 0.397 e. The normalized spacial score (nSPS) is 13.8. The zero-order valence-corrected chi connectivity index (χ0v) is 15.8. The lowest BCUT2D eigenvalue weighted by molar-refractivity contribution is -0.122. The number of hydrogen-bond donors (Lipinski definition) is 0. The Balaban J connectivity index is 3.08. The van der Waals surface area contributed by atoms with E-state index < -0.39 is 18.5 Å². The lowest BCUT2D eigenvalue weighted by Gasteiger charge is -2.31. The standard InChI is InChI=1S/C19H27O4P/c1-6-17(15-14-16-12-10-9-11-13-16)19(4,5)18(20)24(21,22-7-2)23-8-3/h6,9-15,17H,1,7-8H2,2-5H3/b15-14+/t17-/m1/s1. The van der Waals surface area contributed by atoms with Crippen molar-refractivity contribution in [2.24, 2.45) is 11.3 Å². The third-order valence-electron chi connectivity index (χ3n) is 3.78. The molecule has 132 valence electrons. The van der Waals surface area contributed by atoms with Crippen molar-refractivity contribution in [3.63, 3.8) is 0 Å². The third kappa shape index (κ3) is 5.01. The van der Waals surface area contributed by atoms with Crippen LogP contribution < -0.4 is 0 Å². The van der Waals surface area contributed by atoms with Crippen molar-refractivity contribution in [1.29, 1.82) is 0 Å². The lowest BCUT2D eigenvalue weighted by atomic mass is 9.79. The molecule has 0 aliphatic carbocycles. The Morgan fingerprint density at radius 3 is 2.21 bits per heavy atom. The number of rotatable bonds is 10. The first-order chi connectivity index (χ1) is 11.3. The number of carbonyl (C=O) groups is 1. The van der Waals surface area contributed by atoms with Gasteiger partial charge in [-0.3, -0.25) is 9.36 Å². The van der Waals surface area contributed by atoms with Crippen LogP contribution in [0.25, 0.3) is 6.08 Å². The molecule has 0 spiro atoms. The molecule has 0 N–H and O–H groups in total. The van der Waals surface area contributed by atoms with Crippen LogP contribution in [0.1, 0.15) is 33.3 Å². The molecule has 0 aliphatic rings. The van der Waals surface area contributed by atoms with E-state index in [2.05, 4.69) is 6.58 Å². The zero-order valence-electron chi connectivity index (χ0n) is 14.9. The molecule has 0 bridgehead atoms. The molecule has 0 aliphatic heterocycles. The highest BCUT2D eigenvalue weighted by Gasteiger charge is 2.47. The summed E-state index contributed by atoms with van der Waals surface area (Å²) in [6.45, 7) is 11.0. The van der Waals surface area contributed by atoms with Crippen LogP contribution in [-0.4, -0.2) is 18.7 Å². The van der Waals surface area contributed by atoms with Gasteiger partial charge in [0.1, 0.15) is 0 Å². The van der Waals surface area contributed by atoms with Gasteiger partial charge in [0.15, 0.2) is 0 Å². The summed E-state index contributed by atoms with van der Waals surface area (Å²) in [5.74, 6) is -0.306. The van der Waals surface area contributed by atoms with E-state index in [0.29, 0.717) is 0 Å². The molecule has 5 heteroatoms. The maximum absolute atomic E-state index is 12.9. The fourth-order valence-electron chi connectivity index (χ4n) is 2.38. The fraction of sp³-hybridized carbons (Fsp3) is 0.421. The molecule has 0 saturated heterocycles. The molecule has 0 radical (unpaired) electrons. The summed E-state index contributed by atoms with van der Waals surface area (Å²) in [6.07, 6.45) is 5.50. The van der Waals surface area contributed by atoms with Gasteiger partial charge in [-0.05, 0) is 19.4 Å². The van der Waals surface area contributed by atoms with Crippen molar-refractivity contribution in [2.75, 3.05) is 13.2 Å². The highest BCUT2D eigenvalue weighted by Crippen LogP contribution is 2.55. The second-order valence-corrected chi connectivity index (χ2v) is 7.81. The largest absolute Gasteiger partial charge is 0.397 e. The van der Waals surface area contributed by atoms with Crippen molar-refractivity contribution < 1.29 is 18.4 Å². The number of carbonyl (C=O) groups excluding carboxylic acids is 1. The smallest absolute Gasteiger partial charge is 0.303 e. The molecule has 4 nitrogen and oxygen atoms in total. The molecule has 0 unspecified atom stereocenters. The summed E-state index contributed by atoms with van der Waals surface area (Å²) < 4.78 is 23.2. The highest BCUT2D eigenvalue weighted by atomic mass is 31.2. The quantitative estimate of drug-likeness (QED) is 0.423. The van der Waals surface area contributed by atoms with E-state index in [1.54, 1.807) is 33.8 Å². The average Bonchev–Trinajstić information content (AvgIpc) is 2.56. The van der Waals surface area contributed by atoms with E-state index in [0.717, 1.165) is 5.56 Å². The molecular weight excluding hydrogens is 323 g/mol. The van der Waals surface area contributed by atoms with Crippen molar-refractivity contribution in [3.8, 4) is 0 Å². The van der Waals surface area contributed by atoms with Gasteiger partial charge in [0.25, 0.3) is 0 Å². The van der Waals surface area contributed by atoms with Gasteiger partial charge in [-0.2, -0.15) is 0 Å². The number of hydrogen-bond acceptors (Lipinski definition) is 4. The Hall–Kier alpha value is -1.48. The third-order valence-corrected chi connectivity index (χ3v) is 6.05. The second-order valence-electron chi connectivity index (χ2n) is 5.89. The summed E-state index contributed by atoms with van der Waals surface area (Å²) >= 11 is 0. The van der Waals surface area contributed by atoms with Crippen LogP contribution in [0, 0.1) is 11.3 Å². The van der Waals surface area contributed by atoms with Gasteiger partial charge in [0, 0.05) is 11.3 Å². The first-order valence-corrected chi connectivity index (χ1v) is 9.66. The predicted molar refractivity (Wildman–Crippen MR) is 98.8 cm³/mol. The molecule has 1 atom stereocenters. The molecule has 0 aromatic heterocycles. The minimum absolute atomic E-state index is 0.151. The number of benzene rings is 1. The van der Waals surface area contributed by atoms with Crippen LogP contribution in [0.3, 0.4) is 0 Å². The second kappa shape index (κ2) is 9.12. The molecule has 1 aromatic carbocycles. The molecule has 24 heavy (non-hydrogen) atoms. The molecular formula is C19H27O4P. The van der Waals surface area contributed by atoms with Gasteiger partial charge in [0.05, 0.1) is 13.2 Å². The summed E-state index contributed by atoms with van der Waals surface area (Å²) in [4.78, 5) is 12.9. The summed E-state index contributed by atoms with van der Waals surface area (Å²) in [6, 6.07) is 9.76. The van der Waals surface area contributed by atoms with Crippen LogP contribution >= 0.6 is 7.60 Å². The first kappa shape index (κ1) is 20.6. The van der Waals surface area contributed by atoms with E-state index in [1.165, 1.54) is 0 Å². The molecule has 1 aromatic rings. The average molecular weight is 350 g/mol. The summed E-state index contributed by atoms with van der Waals surface area (Å²) in [5.41, 5.74) is -0.473. The number of allylic oxidation sites excluding steroid dienone is 2. The lowest BCUT2D eigenvalue weighted by Crippen LogP contribution is -2.32. The topological polar surface area (TPSA) is 52.6 Å². The Bertz CT molecular complexity index is 610. The summed E-state index contributed by atoms with van der Waals surface area (Å²) in [5, 5.41) is 0. The highest BCUT2D eigenvalue weighted by molar-refractivity contribution is 7.72. The molecule has 1 rings (SSSR count). The van der Waals surface area contributed by atoms with Gasteiger partial charge in [-0.15, -0.1) is 6.58 Å². The van der Waals surface area contributed by atoms with Gasteiger partial charge >= 0.3 is 7.60 Å². The Morgan fingerprint density at radius 1 is 1.21 bits per heavy atom. The van der Waals surface area contributed by atoms with Gasteiger partial charge in [0.2, 0.25) is 5.52 Å². The van der Waals surface area contributed by atoms with E-state index >= 15 is 0 Å². The SMILES string of the molecule is C=C[C@H](/C=C/c1ccccc1)C(C)(C)C(=O)P(=O)(OCC)OCC. The fourth-order valence-corrected chi connectivity index (χ4v) is 4.23. The molecule has 0 saturated carbocycles. The van der Waals surface area contributed by atoms with E-state index in [4.69, 9.17) is 9.05 Å². The van der Waals surface area contributed by atoms with Crippen molar-refractivity contribution >= 4 is 19.2 Å². The van der Waals surface area contributed by atoms with E-state index in [1.807, 2.05) is 42.5 Å². The Labute approximate surface area is 145 Å². The van der Waals surface area contributed by atoms with Gasteiger partial charge < -0.3 is 9.05 Å². The minimum atomic E-state index is -3.82. The van der Waals surface area contributed by atoms with Crippen LogP contribution in [0.2, 0.25) is 0 Å². The first-order valence-electron chi connectivity index (χ1n) is 8.11. The van der Waals surface area contributed by atoms with E-state index in [9.17, 15) is 9.36 Å². The van der Waals surface area contributed by atoms with Gasteiger partial charge in [-0.1, -0.05) is 62.4 Å².